The van der Waals surface area contributed by atoms with Crippen molar-refractivity contribution < 1.29 is 22.7 Å². The zero-order chi connectivity index (χ0) is 24.7. The summed E-state index contributed by atoms with van der Waals surface area (Å²) >= 11 is 12.0. The lowest BCUT2D eigenvalue weighted by Gasteiger charge is -2.24. The first kappa shape index (κ1) is 25.2. The smallest absolute Gasteiger partial charge is 0.308 e. The molecule has 0 aromatic heterocycles. The van der Waals surface area contributed by atoms with Crippen molar-refractivity contribution in [3.8, 4) is 5.75 Å². The van der Waals surface area contributed by atoms with Gasteiger partial charge < -0.3 is 4.74 Å². The standard InChI is InChI=1S/C23H19Cl2N3O5S/c1-16(29)33-19-10-7-17(8-11-19)14-26-27-23(30)15-28(18-9-12-21(24)22(25)13-18)34(31,32)20-5-3-2-4-6-20/h2-14H,15H2,1H3,(H,27,30)/b26-14-. The van der Waals surface area contributed by atoms with Gasteiger partial charge in [-0.1, -0.05) is 41.4 Å². The van der Waals surface area contributed by atoms with Gasteiger partial charge in [0.1, 0.15) is 12.3 Å². The lowest BCUT2D eigenvalue weighted by Crippen LogP contribution is -2.39. The predicted molar refractivity (Wildman–Crippen MR) is 131 cm³/mol. The average molecular weight is 520 g/mol. The van der Waals surface area contributed by atoms with E-state index < -0.39 is 28.4 Å². The summed E-state index contributed by atoms with van der Waals surface area (Å²) in [5.41, 5.74) is 3.09. The van der Waals surface area contributed by atoms with Crippen LogP contribution in [-0.2, 0) is 19.6 Å². The number of sulfonamides is 1. The number of carbonyl (C=O) groups excluding carboxylic acids is 2. The number of nitrogens with zero attached hydrogens (tertiary/aromatic N) is 2. The molecule has 3 rings (SSSR count). The van der Waals surface area contributed by atoms with Crippen molar-refractivity contribution in [2.24, 2.45) is 5.10 Å². The molecule has 0 aliphatic heterocycles. The number of halogens is 2. The van der Waals surface area contributed by atoms with Crippen LogP contribution in [0, 0.1) is 0 Å². The molecule has 0 saturated carbocycles. The number of hydrogen-bond acceptors (Lipinski definition) is 6. The van der Waals surface area contributed by atoms with Crippen LogP contribution in [0.25, 0.3) is 0 Å². The molecule has 0 heterocycles. The van der Waals surface area contributed by atoms with E-state index in [0.717, 1.165) is 4.31 Å². The first-order valence-corrected chi connectivity index (χ1v) is 12.0. The Hall–Kier alpha value is -3.40. The number of esters is 1. The molecular weight excluding hydrogens is 501 g/mol. The Bertz CT molecular complexity index is 1310. The van der Waals surface area contributed by atoms with E-state index >= 15 is 0 Å². The molecule has 0 fully saturated rings. The van der Waals surface area contributed by atoms with Gasteiger partial charge in [-0.05, 0) is 60.2 Å². The molecule has 0 radical (unpaired) electrons. The molecule has 1 N–H and O–H groups in total. The molecule has 176 valence electrons. The van der Waals surface area contributed by atoms with Gasteiger partial charge in [-0.25, -0.2) is 13.8 Å². The van der Waals surface area contributed by atoms with Crippen LogP contribution in [0.4, 0.5) is 5.69 Å². The van der Waals surface area contributed by atoms with Crippen LogP contribution < -0.4 is 14.5 Å². The van der Waals surface area contributed by atoms with Crippen LogP contribution >= 0.6 is 23.2 Å². The number of benzene rings is 3. The third-order valence-corrected chi connectivity index (χ3v) is 6.88. The molecule has 0 aliphatic carbocycles. The Morgan fingerprint density at radius 2 is 1.68 bits per heavy atom. The summed E-state index contributed by atoms with van der Waals surface area (Å²) in [7, 11) is -4.09. The van der Waals surface area contributed by atoms with Gasteiger partial charge in [0.2, 0.25) is 0 Å². The Kier molecular flexibility index (Phi) is 8.27. The summed E-state index contributed by atoms with van der Waals surface area (Å²) in [6.45, 7) is 0.738. The molecule has 8 nitrogen and oxygen atoms in total. The van der Waals surface area contributed by atoms with Gasteiger partial charge in [0.05, 0.1) is 26.8 Å². The second-order valence-electron chi connectivity index (χ2n) is 6.88. The molecule has 0 spiro atoms. The van der Waals surface area contributed by atoms with Gasteiger partial charge in [-0.2, -0.15) is 5.10 Å². The Labute approximate surface area is 206 Å². The van der Waals surface area contributed by atoms with E-state index in [2.05, 4.69) is 10.5 Å². The summed E-state index contributed by atoms with van der Waals surface area (Å²) in [5.74, 6) is -0.749. The molecule has 11 heteroatoms. The summed E-state index contributed by atoms with van der Waals surface area (Å²) in [6, 6.07) is 18.4. The van der Waals surface area contributed by atoms with E-state index in [1.807, 2.05) is 0 Å². The molecule has 34 heavy (non-hydrogen) atoms. The molecular formula is C23H19Cl2N3O5S. The second kappa shape index (κ2) is 11.1. The highest BCUT2D eigenvalue weighted by Crippen LogP contribution is 2.30. The normalized spacial score (nSPS) is 11.3. The van der Waals surface area contributed by atoms with Crippen molar-refractivity contribution in [3.63, 3.8) is 0 Å². The van der Waals surface area contributed by atoms with Crippen LogP contribution in [0.15, 0.2) is 82.8 Å². The first-order valence-electron chi connectivity index (χ1n) is 9.80. The van der Waals surface area contributed by atoms with Gasteiger partial charge in [-0.15, -0.1) is 0 Å². The van der Waals surface area contributed by atoms with E-state index in [9.17, 15) is 18.0 Å². The summed E-state index contributed by atoms with van der Waals surface area (Å²) in [5, 5.41) is 4.25. The van der Waals surface area contributed by atoms with Crippen LogP contribution in [0.2, 0.25) is 10.0 Å². The van der Waals surface area contributed by atoms with Crippen LogP contribution in [0.3, 0.4) is 0 Å². The molecule has 0 bridgehead atoms. The Balaban J connectivity index is 1.78. The molecule has 3 aromatic rings. The molecule has 1 amide bonds. The number of nitrogens with one attached hydrogen (secondary N) is 1. The highest BCUT2D eigenvalue weighted by Gasteiger charge is 2.27. The second-order valence-corrected chi connectivity index (χ2v) is 9.56. The number of ether oxygens (including phenoxy) is 1. The predicted octanol–water partition coefficient (Wildman–Crippen LogP) is 4.26. The van der Waals surface area contributed by atoms with Gasteiger partial charge in [0, 0.05) is 6.92 Å². The Morgan fingerprint density at radius 3 is 2.29 bits per heavy atom. The van der Waals surface area contributed by atoms with Crippen molar-refractivity contribution in [1.82, 2.24) is 5.43 Å². The van der Waals surface area contributed by atoms with Crippen molar-refractivity contribution in [1.29, 1.82) is 0 Å². The SMILES string of the molecule is CC(=O)Oc1ccc(/C=N\NC(=O)CN(c2ccc(Cl)c(Cl)c2)S(=O)(=O)c2ccccc2)cc1. The summed E-state index contributed by atoms with van der Waals surface area (Å²) in [6.07, 6.45) is 1.37. The molecule has 0 unspecified atom stereocenters. The maximum Gasteiger partial charge on any atom is 0.308 e. The van der Waals surface area contributed by atoms with Crippen LogP contribution in [0.1, 0.15) is 12.5 Å². The molecule has 3 aromatic carbocycles. The van der Waals surface area contributed by atoms with Gasteiger partial charge >= 0.3 is 5.97 Å². The largest absolute Gasteiger partial charge is 0.427 e. The lowest BCUT2D eigenvalue weighted by atomic mass is 10.2. The monoisotopic (exact) mass is 519 g/mol. The van der Waals surface area contributed by atoms with Crippen molar-refractivity contribution in [2.45, 2.75) is 11.8 Å². The molecule has 0 saturated heterocycles. The molecule has 0 aliphatic rings. The number of anilines is 1. The fourth-order valence-electron chi connectivity index (χ4n) is 2.81. The number of hydrogen-bond donors (Lipinski definition) is 1. The van der Waals surface area contributed by atoms with Gasteiger partial charge in [0.25, 0.3) is 15.9 Å². The quantitative estimate of drug-likeness (QED) is 0.207. The zero-order valence-corrected chi connectivity index (χ0v) is 20.1. The third-order valence-electron chi connectivity index (χ3n) is 4.35. The van der Waals surface area contributed by atoms with E-state index in [4.69, 9.17) is 27.9 Å². The summed E-state index contributed by atoms with van der Waals surface area (Å²) < 4.78 is 32.4. The maximum absolute atomic E-state index is 13.3. The fourth-order valence-corrected chi connectivity index (χ4v) is 4.53. The van der Waals surface area contributed by atoms with E-state index in [-0.39, 0.29) is 20.6 Å². The van der Waals surface area contributed by atoms with Crippen LogP contribution in [-0.4, -0.2) is 33.1 Å². The Morgan fingerprint density at radius 1 is 1.00 bits per heavy atom. The number of amides is 1. The van der Waals surface area contributed by atoms with Gasteiger partial charge in [-0.3, -0.25) is 13.9 Å². The minimum Gasteiger partial charge on any atom is -0.427 e. The van der Waals surface area contributed by atoms with Crippen molar-refractivity contribution in [3.05, 3.63) is 88.4 Å². The highest BCUT2D eigenvalue weighted by atomic mass is 35.5. The highest BCUT2D eigenvalue weighted by molar-refractivity contribution is 7.92. The van der Waals surface area contributed by atoms with Crippen molar-refractivity contribution in [2.75, 3.05) is 10.8 Å². The number of carbonyl (C=O) groups is 2. The van der Waals surface area contributed by atoms with E-state index in [1.54, 1.807) is 42.5 Å². The van der Waals surface area contributed by atoms with E-state index in [0.29, 0.717) is 11.3 Å². The van der Waals surface area contributed by atoms with E-state index in [1.165, 1.54) is 43.5 Å². The minimum atomic E-state index is -4.09. The first-order chi connectivity index (χ1) is 16.2. The summed E-state index contributed by atoms with van der Waals surface area (Å²) in [4.78, 5) is 23.6. The third kappa shape index (κ3) is 6.57. The number of rotatable bonds is 8. The lowest BCUT2D eigenvalue weighted by molar-refractivity contribution is -0.131. The average Bonchev–Trinajstić information content (AvgIpc) is 2.81. The minimum absolute atomic E-state index is 0.00485. The fraction of sp³-hybridized carbons (Fsp3) is 0.0870. The van der Waals surface area contributed by atoms with Gasteiger partial charge in [0.15, 0.2) is 0 Å². The maximum atomic E-state index is 13.3. The van der Waals surface area contributed by atoms with Crippen LogP contribution in [0.5, 0.6) is 5.75 Å². The molecule has 0 atom stereocenters. The zero-order valence-electron chi connectivity index (χ0n) is 17.8. The van der Waals surface area contributed by atoms with Crippen molar-refractivity contribution >= 4 is 57.0 Å². The number of hydrazone groups is 1. The topological polar surface area (TPSA) is 105 Å².